The SMILES string of the molecule is CCCN1CCOc2ccc(CCCCN)cc21. The van der Waals surface area contributed by atoms with Crippen molar-refractivity contribution < 1.29 is 4.74 Å². The Bertz CT molecular complexity index is 379. The Morgan fingerprint density at radius 1 is 1.33 bits per heavy atom. The normalized spacial score (nSPS) is 14.2. The van der Waals surface area contributed by atoms with E-state index in [0.29, 0.717) is 0 Å². The number of anilines is 1. The first-order chi connectivity index (χ1) is 8.85. The molecule has 1 heterocycles. The van der Waals surface area contributed by atoms with Crippen molar-refractivity contribution in [2.24, 2.45) is 5.73 Å². The van der Waals surface area contributed by atoms with E-state index >= 15 is 0 Å². The molecule has 1 aliphatic heterocycles. The van der Waals surface area contributed by atoms with Crippen molar-refractivity contribution in [1.82, 2.24) is 0 Å². The Hall–Kier alpha value is -1.22. The molecule has 0 spiro atoms. The van der Waals surface area contributed by atoms with Crippen LogP contribution in [0.3, 0.4) is 0 Å². The molecule has 100 valence electrons. The molecule has 0 radical (unpaired) electrons. The van der Waals surface area contributed by atoms with Crippen LogP contribution in [0, 0.1) is 0 Å². The number of aryl methyl sites for hydroxylation is 1. The lowest BCUT2D eigenvalue weighted by Gasteiger charge is -2.31. The Morgan fingerprint density at radius 3 is 3.00 bits per heavy atom. The number of rotatable bonds is 6. The number of nitrogens with two attached hydrogens (primary N) is 1. The molecule has 0 saturated carbocycles. The van der Waals surface area contributed by atoms with Crippen LogP contribution in [0.4, 0.5) is 5.69 Å². The predicted molar refractivity (Wildman–Crippen MR) is 76.4 cm³/mol. The summed E-state index contributed by atoms with van der Waals surface area (Å²) in [4.78, 5) is 2.44. The van der Waals surface area contributed by atoms with Crippen molar-refractivity contribution in [3.8, 4) is 5.75 Å². The Kier molecular flexibility index (Phi) is 4.88. The van der Waals surface area contributed by atoms with Crippen LogP contribution in [-0.2, 0) is 6.42 Å². The van der Waals surface area contributed by atoms with Gasteiger partial charge in [-0.15, -0.1) is 0 Å². The van der Waals surface area contributed by atoms with Crippen LogP contribution >= 0.6 is 0 Å². The van der Waals surface area contributed by atoms with Gasteiger partial charge in [-0.25, -0.2) is 0 Å². The second kappa shape index (κ2) is 6.64. The van der Waals surface area contributed by atoms with Crippen LogP contribution in [-0.4, -0.2) is 26.2 Å². The summed E-state index contributed by atoms with van der Waals surface area (Å²) in [7, 11) is 0. The highest BCUT2D eigenvalue weighted by Gasteiger charge is 2.17. The van der Waals surface area contributed by atoms with Gasteiger partial charge in [0.1, 0.15) is 12.4 Å². The predicted octanol–water partition coefficient (Wildman–Crippen LogP) is 2.58. The van der Waals surface area contributed by atoms with Crippen molar-refractivity contribution in [2.75, 3.05) is 31.1 Å². The minimum Gasteiger partial charge on any atom is -0.490 e. The van der Waals surface area contributed by atoms with Crippen LogP contribution in [0.15, 0.2) is 18.2 Å². The molecule has 3 nitrogen and oxygen atoms in total. The zero-order valence-electron chi connectivity index (χ0n) is 11.3. The highest BCUT2D eigenvalue weighted by molar-refractivity contribution is 5.61. The molecule has 0 aromatic heterocycles. The number of ether oxygens (including phenoxy) is 1. The van der Waals surface area contributed by atoms with Gasteiger partial charge in [0.05, 0.1) is 12.2 Å². The van der Waals surface area contributed by atoms with Gasteiger partial charge in [-0.2, -0.15) is 0 Å². The smallest absolute Gasteiger partial charge is 0.142 e. The van der Waals surface area contributed by atoms with Gasteiger partial charge in [-0.3, -0.25) is 0 Å². The summed E-state index contributed by atoms with van der Waals surface area (Å²) in [5.41, 5.74) is 8.21. The molecule has 0 aliphatic carbocycles. The number of benzene rings is 1. The third kappa shape index (κ3) is 3.16. The number of hydrogen-bond donors (Lipinski definition) is 1. The van der Waals surface area contributed by atoms with E-state index in [2.05, 4.69) is 30.0 Å². The van der Waals surface area contributed by atoms with Crippen LogP contribution in [0.1, 0.15) is 31.7 Å². The summed E-state index contributed by atoms with van der Waals surface area (Å²) in [5.74, 6) is 1.04. The zero-order chi connectivity index (χ0) is 12.8. The molecule has 1 aliphatic rings. The summed E-state index contributed by atoms with van der Waals surface area (Å²) < 4.78 is 5.72. The van der Waals surface area contributed by atoms with E-state index in [1.807, 2.05) is 0 Å². The summed E-state index contributed by atoms with van der Waals surface area (Å²) >= 11 is 0. The molecule has 0 bridgehead atoms. The largest absolute Gasteiger partial charge is 0.490 e. The number of hydrogen-bond acceptors (Lipinski definition) is 3. The van der Waals surface area contributed by atoms with Gasteiger partial charge in [-0.1, -0.05) is 13.0 Å². The summed E-state index contributed by atoms with van der Waals surface area (Å²) in [6, 6.07) is 6.60. The van der Waals surface area contributed by atoms with Crippen molar-refractivity contribution in [3.63, 3.8) is 0 Å². The Labute approximate surface area is 110 Å². The fraction of sp³-hybridized carbons (Fsp3) is 0.600. The van der Waals surface area contributed by atoms with E-state index in [1.165, 1.54) is 24.1 Å². The first kappa shape index (κ1) is 13.2. The average molecular weight is 248 g/mol. The topological polar surface area (TPSA) is 38.5 Å². The molecule has 1 aromatic carbocycles. The fourth-order valence-electron chi connectivity index (χ4n) is 2.45. The van der Waals surface area contributed by atoms with Gasteiger partial charge in [0.15, 0.2) is 0 Å². The van der Waals surface area contributed by atoms with E-state index in [0.717, 1.165) is 44.8 Å². The fourth-order valence-corrected chi connectivity index (χ4v) is 2.45. The summed E-state index contributed by atoms with van der Waals surface area (Å²) in [6.45, 7) is 5.94. The van der Waals surface area contributed by atoms with E-state index in [-0.39, 0.29) is 0 Å². The quantitative estimate of drug-likeness (QED) is 0.786. The minimum absolute atomic E-state index is 0.788. The lowest BCUT2D eigenvalue weighted by molar-refractivity contribution is 0.307. The zero-order valence-corrected chi connectivity index (χ0v) is 11.3. The third-order valence-corrected chi connectivity index (χ3v) is 3.40. The maximum Gasteiger partial charge on any atom is 0.142 e. The standard InChI is InChI=1S/C15H24N2O/c1-2-9-17-10-11-18-15-7-6-13(12-14(15)17)5-3-4-8-16/h6-7,12H,2-5,8-11,16H2,1H3. The molecule has 0 saturated heterocycles. The molecular formula is C15H24N2O. The van der Waals surface area contributed by atoms with Gasteiger partial charge >= 0.3 is 0 Å². The van der Waals surface area contributed by atoms with Crippen LogP contribution in [0.5, 0.6) is 5.75 Å². The number of nitrogens with zero attached hydrogens (tertiary/aromatic N) is 1. The maximum atomic E-state index is 5.72. The van der Waals surface area contributed by atoms with E-state index in [9.17, 15) is 0 Å². The van der Waals surface area contributed by atoms with Crippen LogP contribution in [0.25, 0.3) is 0 Å². The van der Waals surface area contributed by atoms with Crippen LogP contribution < -0.4 is 15.4 Å². The van der Waals surface area contributed by atoms with E-state index in [1.54, 1.807) is 0 Å². The molecule has 2 N–H and O–H groups in total. The molecule has 0 amide bonds. The van der Waals surface area contributed by atoms with Gasteiger partial charge in [0.25, 0.3) is 0 Å². The highest BCUT2D eigenvalue weighted by Crippen LogP contribution is 2.32. The monoisotopic (exact) mass is 248 g/mol. The molecule has 2 rings (SSSR count). The van der Waals surface area contributed by atoms with Crippen molar-refractivity contribution in [2.45, 2.75) is 32.6 Å². The van der Waals surface area contributed by atoms with Gasteiger partial charge in [-0.05, 0) is 49.9 Å². The lowest BCUT2D eigenvalue weighted by atomic mass is 10.1. The molecule has 0 fully saturated rings. The van der Waals surface area contributed by atoms with E-state index < -0.39 is 0 Å². The first-order valence-corrected chi connectivity index (χ1v) is 7.06. The summed E-state index contributed by atoms with van der Waals surface area (Å²) in [5, 5.41) is 0. The maximum absolute atomic E-state index is 5.72. The molecule has 0 unspecified atom stereocenters. The molecule has 0 atom stereocenters. The van der Waals surface area contributed by atoms with E-state index in [4.69, 9.17) is 10.5 Å². The van der Waals surface area contributed by atoms with Crippen molar-refractivity contribution in [3.05, 3.63) is 23.8 Å². The summed E-state index contributed by atoms with van der Waals surface area (Å²) in [6.07, 6.45) is 4.57. The van der Waals surface area contributed by atoms with Gasteiger partial charge in [0.2, 0.25) is 0 Å². The second-order valence-electron chi connectivity index (χ2n) is 4.88. The average Bonchev–Trinajstić information content (AvgIpc) is 2.40. The van der Waals surface area contributed by atoms with Crippen LogP contribution in [0.2, 0.25) is 0 Å². The highest BCUT2D eigenvalue weighted by atomic mass is 16.5. The molecule has 3 heteroatoms. The Morgan fingerprint density at radius 2 is 2.22 bits per heavy atom. The lowest BCUT2D eigenvalue weighted by Crippen LogP contribution is -2.33. The Balaban J connectivity index is 2.09. The van der Waals surface area contributed by atoms with Crippen molar-refractivity contribution in [1.29, 1.82) is 0 Å². The second-order valence-corrected chi connectivity index (χ2v) is 4.88. The molecular weight excluding hydrogens is 224 g/mol. The number of fused-ring (bicyclic) bond motifs is 1. The van der Waals surface area contributed by atoms with Gasteiger partial charge in [0, 0.05) is 6.54 Å². The molecule has 18 heavy (non-hydrogen) atoms. The number of unbranched alkanes of at least 4 members (excludes halogenated alkanes) is 1. The van der Waals surface area contributed by atoms with Crippen molar-refractivity contribution >= 4 is 5.69 Å². The van der Waals surface area contributed by atoms with Gasteiger partial charge < -0.3 is 15.4 Å². The third-order valence-electron chi connectivity index (χ3n) is 3.40. The first-order valence-electron chi connectivity index (χ1n) is 7.06. The minimum atomic E-state index is 0.788. The molecule has 1 aromatic rings.